The summed E-state index contributed by atoms with van der Waals surface area (Å²) < 4.78 is 9.65. The summed E-state index contributed by atoms with van der Waals surface area (Å²) in [6.45, 7) is 1.71. The quantitative estimate of drug-likeness (QED) is 0.712. The van der Waals surface area contributed by atoms with Crippen LogP contribution >= 0.6 is 0 Å². The molecule has 1 rings (SSSR count). The van der Waals surface area contributed by atoms with Gasteiger partial charge in [0.1, 0.15) is 5.76 Å². The molecule has 13 heavy (non-hydrogen) atoms. The van der Waals surface area contributed by atoms with Crippen LogP contribution in [0.2, 0.25) is 0 Å². The van der Waals surface area contributed by atoms with E-state index in [1.807, 2.05) is 0 Å². The maximum absolute atomic E-state index is 11.1. The van der Waals surface area contributed by atoms with Gasteiger partial charge in [-0.2, -0.15) is 0 Å². The van der Waals surface area contributed by atoms with Crippen molar-refractivity contribution in [3.8, 4) is 0 Å². The van der Waals surface area contributed by atoms with E-state index in [1.54, 1.807) is 19.1 Å². The summed E-state index contributed by atoms with van der Waals surface area (Å²) in [7, 11) is 1.34. The maximum Gasteiger partial charge on any atom is 0.310 e. The Morgan fingerprint density at radius 2 is 2.38 bits per heavy atom. The lowest BCUT2D eigenvalue weighted by Gasteiger charge is -2.14. The number of ether oxygens (including phenoxy) is 1. The summed E-state index contributed by atoms with van der Waals surface area (Å²) in [6.07, 6.45) is 1.53. The highest BCUT2D eigenvalue weighted by Gasteiger charge is 2.24. The van der Waals surface area contributed by atoms with Crippen LogP contribution in [0, 0.1) is 5.92 Å². The minimum atomic E-state index is -0.442. The summed E-state index contributed by atoms with van der Waals surface area (Å²) in [5.41, 5.74) is 5.76. The van der Waals surface area contributed by atoms with Crippen molar-refractivity contribution < 1.29 is 13.9 Å². The van der Waals surface area contributed by atoms with E-state index >= 15 is 0 Å². The highest BCUT2D eigenvalue weighted by molar-refractivity contribution is 5.72. The fourth-order valence-electron chi connectivity index (χ4n) is 1.06. The zero-order chi connectivity index (χ0) is 9.84. The summed E-state index contributed by atoms with van der Waals surface area (Å²) in [5.74, 6) is -0.127. The molecule has 72 valence electrons. The van der Waals surface area contributed by atoms with E-state index in [9.17, 15) is 4.79 Å². The fourth-order valence-corrected chi connectivity index (χ4v) is 1.06. The molecule has 0 saturated carbocycles. The van der Waals surface area contributed by atoms with Crippen LogP contribution in [-0.2, 0) is 9.53 Å². The lowest BCUT2D eigenvalue weighted by Crippen LogP contribution is -2.26. The highest BCUT2D eigenvalue weighted by atomic mass is 16.5. The van der Waals surface area contributed by atoms with E-state index in [1.165, 1.54) is 13.4 Å². The molecule has 2 unspecified atom stereocenters. The van der Waals surface area contributed by atoms with Crippen molar-refractivity contribution in [3.63, 3.8) is 0 Å². The van der Waals surface area contributed by atoms with Crippen LogP contribution < -0.4 is 5.73 Å². The molecule has 0 spiro atoms. The third-order valence-corrected chi connectivity index (χ3v) is 1.98. The number of methoxy groups -OCH3 is 1. The lowest BCUT2D eigenvalue weighted by molar-refractivity contribution is -0.145. The number of carbonyl (C=O) groups is 1. The Bertz CT molecular complexity index is 268. The van der Waals surface area contributed by atoms with Crippen LogP contribution in [0.3, 0.4) is 0 Å². The molecule has 0 bridgehead atoms. The van der Waals surface area contributed by atoms with Crippen LogP contribution in [0.15, 0.2) is 22.8 Å². The van der Waals surface area contributed by atoms with Crippen LogP contribution in [0.5, 0.6) is 0 Å². The molecule has 0 saturated heterocycles. The number of hydrogen-bond acceptors (Lipinski definition) is 4. The van der Waals surface area contributed by atoms with Gasteiger partial charge < -0.3 is 14.9 Å². The average Bonchev–Trinajstić information content (AvgIpc) is 2.67. The molecule has 1 aromatic heterocycles. The molecule has 0 radical (unpaired) electrons. The van der Waals surface area contributed by atoms with Gasteiger partial charge >= 0.3 is 5.97 Å². The van der Waals surface area contributed by atoms with Crippen LogP contribution in [0.25, 0.3) is 0 Å². The lowest BCUT2D eigenvalue weighted by atomic mass is 10.0. The Labute approximate surface area is 76.7 Å². The van der Waals surface area contributed by atoms with Gasteiger partial charge in [-0.25, -0.2) is 0 Å². The van der Waals surface area contributed by atoms with Crippen molar-refractivity contribution in [2.24, 2.45) is 11.7 Å². The molecule has 1 aromatic rings. The number of hydrogen-bond donors (Lipinski definition) is 1. The topological polar surface area (TPSA) is 65.5 Å². The molecule has 4 nitrogen and oxygen atoms in total. The Hall–Kier alpha value is -1.29. The summed E-state index contributed by atoms with van der Waals surface area (Å²) in [6, 6.07) is 3.03. The van der Waals surface area contributed by atoms with Gasteiger partial charge in [0, 0.05) is 0 Å². The zero-order valence-electron chi connectivity index (χ0n) is 7.69. The SMILES string of the molecule is COC(=O)C(C)C(N)c1ccco1. The molecule has 2 N–H and O–H groups in total. The van der Waals surface area contributed by atoms with Crippen molar-refractivity contribution in [2.75, 3.05) is 7.11 Å². The van der Waals surface area contributed by atoms with E-state index in [0.717, 1.165) is 0 Å². The summed E-state index contributed by atoms with van der Waals surface area (Å²) >= 11 is 0. The standard InChI is InChI=1S/C9H13NO3/c1-6(9(11)12-2)8(10)7-4-3-5-13-7/h3-6,8H,10H2,1-2H3. The predicted octanol–water partition coefficient (Wildman–Crippen LogP) is 1.09. The molecule has 1 heterocycles. The molecule has 4 heteroatoms. The Morgan fingerprint density at radius 3 is 2.85 bits per heavy atom. The van der Waals surface area contributed by atoms with E-state index in [-0.39, 0.29) is 5.97 Å². The van der Waals surface area contributed by atoms with Gasteiger partial charge in [-0.05, 0) is 19.1 Å². The Kier molecular flexibility index (Phi) is 3.08. The van der Waals surface area contributed by atoms with Gasteiger partial charge in [-0.3, -0.25) is 4.79 Å². The fraction of sp³-hybridized carbons (Fsp3) is 0.444. The molecule has 0 fully saturated rings. The van der Waals surface area contributed by atoms with Crippen LogP contribution in [0.4, 0.5) is 0 Å². The molecule has 0 aliphatic heterocycles. The molecule has 2 atom stereocenters. The van der Waals surface area contributed by atoms with Gasteiger partial charge in [-0.15, -0.1) is 0 Å². The van der Waals surface area contributed by atoms with Crippen molar-refractivity contribution in [2.45, 2.75) is 13.0 Å². The van der Waals surface area contributed by atoms with Gasteiger partial charge in [0.25, 0.3) is 0 Å². The Balaban J connectivity index is 2.68. The van der Waals surface area contributed by atoms with Crippen molar-refractivity contribution in [1.82, 2.24) is 0 Å². The molecule has 0 aromatic carbocycles. The van der Waals surface area contributed by atoms with Crippen molar-refractivity contribution in [3.05, 3.63) is 24.2 Å². The number of rotatable bonds is 3. The number of furan rings is 1. The minimum Gasteiger partial charge on any atom is -0.469 e. The van der Waals surface area contributed by atoms with Crippen LogP contribution in [-0.4, -0.2) is 13.1 Å². The predicted molar refractivity (Wildman–Crippen MR) is 46.8 cm³/mol. The monoisotopic (exact) mass is 183 g/mol. The highest BCUT2D eigenvalue weighted by Crippen LogP contribution is 2.20. The second-order valence-corrected chi connectivity index (χ2v) is 2.85. The molecule has 0 amide bonds. The van der Waals surface area contributed by atoms with E-state index in [4.69, 9.17) is 10.2 Å². The molecule has 0 aliphatic rings. The number of esters is 1. The second kappa shape index (κ2) is 4.09. The van der Waals surface area contributed by atoms with Gasteiger partial charge in [0.2, 0.25) is 0 Å². The number of nitrogens with two attached hydrogens (primary N) is 1. The van der Waals surface area contributed by atoms with Crippen molar-refractivity contribution >= 4 is 5.97 Å². The molecule has 0 aliphatic carbocycles. The maximum atomic E-state index is 11.1. The average molecular weight is 183 g/mol. The Morgan fingerprint density at radius 1 is 1.69 bits per heavy atom. The summed E-state index contributed by atoms with van der Waals surface area (Å²) in [4.78, 5) is 11.1. The van der Waals surface area contributed by atoms with Gasteiger partial charge in [0.05, 0.1) is 25.3 Å². The second-order valence-electron chi connectivity index (χ2n) is 2.85. The van der Waals surface area contributed by atoms with E-state index in [2.05, 4.69) is 4.74 Å². The largest absolute Gasteiger partial charge is 0.469 e. The number of carbonyl (C=O) groups excluding carboxylic acids is 1. The molecular weight excluding hydrogens is 170 g/mol. The smallest absolute Gasteiger partial charge is 0.310 e. The first-order valence-corrected chi connectivity index (χ1v) is 4.03. The van der Waals surface area contributed by atoms with E-state index < -0.39 is 12.0 Å². The van der Waals surface area contributed by atoms with E-state index in [0.29, 0.717) is 5.76 Å². The van der Waals surface area contributed by atoms with Gasteiger partial charge in [-0.1, -0.05) is 0 Å². The first kappa shape index (κ1) is 9.80. The minimum absolute atomic E-state index is 0.330. The molecular formula is C9H13NO3. The van der Waals surface area contributed by atoms with Crippen LogP contribution in [0.1, 0.15) is 18.7 Å². The zero-order valence-corrected chi connectivity index (χ0v) is 7.69. The normalized spacial score (nSPS) is 15.0. The third kappa shape index (κ3) is 2.09. The van der Waals surface area contributed by atoms with Gasteiger partial charge in [0.15, 0.2) is 0 Å². The third-order valence-electron chi connectivity index (χ3n) is 1.98. The first-order chi connectivity index (χ1) is 6.16. The first-order valence-electron chi connectivity index (χ1n) is 4.03. The summed E-state index contributed by atoms with van der Waals surface area (Å²) in [5, 5.41) is 0. The van der Waals surface area contributed by atoms with Crippen molar-refractivity contribution in [1.29, 1.82) is 0 Å².